The number of fused-ring (bicyclic) bond motifs is 17. The molecule has 2 aliphatic rings. The van der Waals surface area contributed by atoms with E-state index >= 15 is 0 Å². The van der Waals surface area contributed by atoms with E-state index in [0.29, 0.717) is 0 Å². The van der Waals surface area contributed by atoms with E-state index in [-0.39, 0.29) is 10.8 Å². The Kier molecular flexibility index (Phi) is 5.96. The molecule has 0 N–H and O–H groups in total. The Morgan fingerprint density at radius 1 is 0.368 bits per heavy atom. The van der Waals surface area contributed by atoms with Crippen LogP contribution in [0.1, 0.15) is 49.9 Å². The van der Waals surface area contributed by atoms with Crippen LogP contribution in [-0.4, -0.2) is 0 Å². The van der Waals surface area contributed by atoms with Gasteiger partial charge in [0.05, 0.1) is 0 Å². The summed E-state index contributed by atoms with van der Waals surface area (Å²) >= 11 is 2.01. The van der Waals surface area contributed by atoms with Gasteiger partial charge >= 0.3 is 0 Å². The molecule has 2 aliphatic carbocycles. The first kappa shape index (κ1) is 31.7. The number of para-hydroxylation sites is 2. The van der Waals surface area contributed by atoms with Crippen LogP contribution in [0.25, 0.3) is 109 Å². The van der Waals surface area contributed by atoms with Crippen LogP contribution in [0.3, 0.4) is 0 Å². The van der Waals surface area contributed by atoms with Crippen LogP contribution < -0.4 is 0 Å². The first-order valence-electron chi connectivity index (χ1n) is 19.9. The van der Waals surface area contributed by atoms with Crippen LogP contribution in [-0.2, 0) is 10.8 Å². The van der Waals surface area contributed by atoms with Crippen LogP contribution >= 0.6 is 11.3 Å². The molecule has 270 valence electrons. The topological polar surface area (TPSA) is 26.3 Å². The summed E-state index contributed by atoms with van der Waals surface area (Å²) in [5, 5.41) is 7.26. The van der Waals surface area contributed by atoms with Gasteiger partial charge in [0, 0.05) is 52.5 Å². The fraction of sp³-hybridized carbons (Fsp3) is 0.111. The normalized spacial score (nSPS) is 14.9. The van der Waals surface area contributed by atoms with Crippen molar-refractivity contribution in [1.82, 2.24) is 0 Å². The van der Waals surface area contributed by atoms with Gasteiger partial charge in [-0.05, 0) is 115 Å². The molecule has 13 rings (SSSR count). The minimum absolute atomic E-state index is 0.189. The van der Waals surface area contributed by atoms with Crippen molar-refractivity contribution in [3.05, 3.63) is 168 Å². The van der Waals surface area contributed by atoms with Gasteiger partial charge in [0.1, 0.15) is 22.3 Å². The molecule has 0 atom stereocenters. The van der Waals surface area contributed by atoms with E-state index < -0.39 is 0 Å². The monoisotopic (exact) mass is 748 g/mol. The van der Waals surface area contributed by atoms with Crippen LogP contribution in [0.4, 0.5) is 0 Å². The van der Waals surface area contributed by atoms with Crippen molar-refractivity contribution < 1.29 is 8.83 Å². The molecule has 0 saturated heterocycles. The average Bonchev–Trinajstić information content (AvgIpc) is 4.01. The molecular formula is C54H36O2S. The second-order valence-electron chi connectivity index (χ2n) is 17.2. The smallest absolute Gasteiger partial charge is 0.135 e. The second kappa shape index (κ2) is 10.7. The van der Waals surface area contributed by atoms with Crippen molar-refractivity contribution in [2.45, 2.75) is 38.5 Å². The second-order valence-corrected chi connectivity index (χ2v) is 18.2. The quantitative estimate of drug-likeness (QED) is 0.176. The number of benzene rings is 8. The zero-order chi connectivity index (χ0) is 37.9. The molecule has 0 fully saturated rings. The highest BCUT2D eigenvalue weighted by Gasteiger charge is 2.42. The molecule has 3 aromatic heterocycles. The van der Waals surface area contributed by atoms with Gasteiger partial charge in [-0.1, -0.05) is 125 Å². The van der Waals surface area contributed by atoms with Crippen LogP contribution in [0.5, 0.6) is 0 Å². The fourth-order valence-corrected chi connectivity index (χ4v) is 12.5. The zero-order valence-corrected chi connectivity index (χ0v) is 32.9. The Hall–Kier alpha value is -6.42. The maximum atomic E-state index is 6.33. The van der Waals surface area contributed by atoms with Gasteiger partial charge in [-0.3, -0.25) is 0 Å². The third-order valence-corrected chi connectivity index (χ3v) is 14.7. The first-order valence-corrected chi connectivity index (χ1v) is 20.7. The molecular weight excluding hydrogens is 713 g/mol. The molecule has 0 saturated carbocycles. The van der Waals surface area contributed by atoms with Crippen LogP contribution in [0, 0.1) is 0 Å². The maximum Gasteiger partial charge on any atom is 0.135 e. The molecule has 0 aliphatic heterocycles. The van der Waals surface area contributed by atoms with Crippen molar-refractivity contribution in [3.8, 4) is 44.5 Å². The van der Waals surface area contributed by atoms with Crippen molar-refractivity contribution in [1.29, 1.82) is 0 Å². The molecule has 0 amide bonds. The Morgan fingerprint density at radius 2 is 0.772 bits per heavy atom. The lowest BCUT2D eigenvalue weighted by molar-refractivity contribution is 0.667. The van der Waals surface area contributed by atoms with E-state index in [1.807, 2.05) is 23.5 Å². The highest BCUT2D eigenvalue weighted by atomic mass is 32.1. The zero-order valence-electron chi connectivity index (χ0n) is 32.1. The third-order valence-electron chi connectivity index (χ3n) is 13.4. The SMILES string of the molecule is CC1(C)c2ccccc2-c2c(-c3ccc4oc5ccccc5c4c3)cc3c(sc4c5c(c(-c6ccc7oc8ccccc8c7c6)cc43)-c3ccccc3C5(C)C)c21. The van der Waals surface area contributed by atoms with Gasteiger partial charge < -0.3 is 8.83 Å². The Bertz CT molecular complexity index is 3350. The molecule has 3 heterocycles. The average molecular weight is 749 g/mol. The molecule has 0 radical (unpaired) electrons. The first-order chi connectivity index (χ1) is 27.8. The van der Waals surface area contributed by atoms with Gasteiger partial charge in [0.25, 0.3) is 0 Å². The molecule has 0 spiro atoms. The van der Waals surface area contributed by atoms with Crippen molar-refractivity contribution >= 4 is 75.4 Å². The van der Waals surface area contributed by atoms with Gasteiger partial charge in [0.15, 0.2) is 0 Å². The Morgan fingerprint density at radius 3 is 1.25 bits per heavy atom. The lowest BCUT2D eigenvalue weighted by atomic mass is 9.80. The summed E-state index contributed by atoms with van der Waals surface area (Å²) in [6.07, 6.45) is 0. The molecule has 11 aromatic rings. The largest absolute Gasteiger partial charge is 0.456 e. The predicted molar refractivity (Wildman–Crippen MR) is 240 cm³/mol. The van der Waals surface area contributed by atoms with E-state index in [9.17, 15) is 0 Å². The number of hydrogen-bond donors (Lipinski definition) is 0. The van der Waals surface area contributed by atoms with Gasteiger partial charge in [-0.15, -0.1) is 11.3 Å². The summed E-state index contributed by atoms with van der Waals surface area (Å²) in [4.78, 5) is 0. The van der Waals surface area contributed by atoms with Gasteiger partial charge in [0.2, 0.25) is 0 Å². The van der Waals surface area contributed by atoms with Crippen molar-refractivity contribution in [2.24, 2.45) is 0 Å². The predicted octanol–water partition coefficient (Wildman–Crippen LogP) is 15.8. The standard InChI is InChI=1S/C54H36O2S/c1-53(2)41-17-9-5-15-33(41)47-35(29-21-23-45-37(25-29)31-13-7-11-19-43(31)55-45)27-39-40-28-36(30-22-24-46-38(26-30)32-14-8-12-20-44(32)56-46)48-34-16-6-10-18-42(34)54(3,4)50(48)52(40)57-51(39)49(47)53/h5-28H,1-4H3. The summed E-state index contributed by atoms with van der Waals surface area (Å²) in [6, 6.07) is 53.6. The summed E-state index contributed by atoms with van der Waals surface area (Å²) < 4.78 is 15.4. The van der Waals surface area contributed by atoms with E-state index in [1.54, 1.807) is 0 Å². The lowest BCUT2D eigenvalue weighted by Gasteiger charge is -2.23. The van der Waals surface area contributed by atoms with Crippen LogP contribution in [0.15, 0.2) is 154 Å². The number of rotatable bonds is 2. The van der Waals surface area contributed by atoms with Crippen LogP contribution in [0.2, 0.25) is 0 Å². The number of hydrogen-bond acceptors (Lipinski definition) is 3. The summed E-state index contributed by atoms with van der Waals surface area (Å²) in [6.45, 7) is 9.71. The third kappa shape index (κ3) is 4.00. The van der Waals surface area contributed by atoms with Gasteiger partial charge in [-0.2, -0.15) is 0 Å². The lowest BCUT2D eigenvalue weighted by Crippen LogP contribution is -2.15. The molecule has 0 bridgehead atoms. The minimum atomic E-state index is -0.189. The van der Waals surface area contributed by atoms with Gasteiger partial charge in [-0.25, -0.2) is 0 Å². The molecule has 8 aromatic carbocycles. The Labute approximate surface area is 333 Å². The van der Waals surface area contributed by atoms with E-state index in [4.69, 9.17) is 8.83 Å². The van der Waals surface area contributed by atoms with E-state index in [2.05, 4.69) is 161 Å². The molecule has 57 heavy (non-hydrogen) atoms. The fourth-order valence-electron chi connectivity index (χ4n) is 10.8. The molecule has 2 nitrogen and oxygen atoms in total. The molecule has 0 unspecified atom stereocenters. The number of furan rings is 2. The van der Waals surface area contributed by atoms with E-state index in [0.717, 1.165) is 43.9 Å². The minimum Gasteiger partial charge on any atom is -0.456 e. The van der Waals surface area contributed by atoms with Crippen molar-refractivity contribution in [3.63, 3.8) is 0 Å². The highest BCUT2D eigenvalue weighted by Crippen LogP contribution is 2.61. The Balaban J connectivity index is 1.18. The number of thiophene rings is 1. The summed E-state index contributed by atoms with van der Waals surface area (Å²) in [5.41, 5.74) is 19.3. The van der Waals surface area contributed by atoms with E-state index in [1.165, 1.54) is 86.9 Å². The molecule has 3 heteroatoms. The summed E-state index contributed by atoms with van der Waals surface area (Å²) in [7, 11) is 0. The summed E-state index contributed by atoms with van der Waals surface area (Å²) in [5.74, 6) is 0. The highest BCUT2D eigenvalue weighted by molar-refractivity contribution is 7.26. The van der Waals surface area contributed by atoms with Crippen molar-refractivity contribution in [2.75, 3.05) is 0 Å². The maximum absolute atomic E-state index is 6.33.